The Hall–Kier alpha value is -2.77. The van der Waals surface area contributed by atoms with E-state index in [0.717, 1.165) is 11.3 Å². The average molecular weight is 729 g/mol. The Bertz CT molecular complexity index is 1370. The topological polar surface area (TPSA) is 120 Å². The van der Waals surface area contributed by atoms with Crippen LogP contribution in [0, 0.1) is 35.5 Å². The highest BCUT2D eigenvalue weighted by Crippen LogP contribution is 2.42. The number of rotatable bonds is 14. The smallest absolute Gasteiger partial charge is 0.303 e. The Morgan fingerprint density at radius 2 is 1.25 bits per heavy atom. The maximum absolute atomic E-state index is 12.3. The highest BCUT2D eigenvalue weighted by atomic mass is 16.8. The lowest BCUT2D eigenvalue weighted by Crippen LogP contribution is -2.60. The number of ether oxygens (including phenoxy) is 9. The fourth-order valence-corrected chi connectivity index (χ4v) is 7.59. The van der Waals surface area contributed by atoms with Gasteiger partial charge in [-0.3, -0.25) is 4.79 Å². The fraction of sp³-hybridized carbons (Fsp3) is 0.683. The molecule has 2 aromatic rings. The van der Waals surface area contributed by atoms with Crippen LogP contribution in [-0.4, -0.2) is 86.9 Å². The first kappa shape index (κ1) is 40.4. The Morgan fingerprint density at radius 1 is 0.673 bits per heavy atom. The number of hydrogen-bond donors (Lipinski definition) is 1. The van der Waals surface area contributed by atoms with Crippen molar-refractivity contribution < 1.29 is 52.5 Å². The summed E-state index contributed by atoms with van der Waals surface area (Å²) in [4.78, 5) is 12.3. The second-order valence-electron chi connectivity index (χ2n) is 14.9. The summed E-state index contributed by atoms with van der Waals surface area (Å²) in [5.74, 6) is 0.839. The number of benzene rings is 2. The van der Waals surface area contributed by atoms with Crippen LogP contribution in [0.1, 0.15) is 67.4 Å². The van der Waals surface area contributed by atoms with E-state index in [4.69, 9.17) is 42.6 Å². The molecule has 5 rings (SSSR count). The summed E-state index contributed by atoms with van der Waals surface area (Å²) in [7, 11) is 1.62. The highest BCUT2D eigenvalue weighted by Gasteiger charge is 2.51. The van der Waals surface area contributed by atoms with E-state index in [9.17, 15) is 9.90 Å². The van der Waals surface area contributed by atoms with Crippen LogP contribution in [0.5, 0.6) is 11.5 Å². The average Bonchev–Trinajstić information content (AvgIpc) is 3.14. The molecule has 0 amide bonds. The first-order valence-corrected chi connectivity index (χ1v) is 18.9. The van der Waals surface area contributed by atoms with Crippen LogP contribution in [0.2, 0.25) is 0 Å². The Balaban J connectivity index is 1.30. The number of carbonyl (C=O) groups excluding carboxylic acids is 1. The summed E-state index contributed by atoms with van der Waals surface area (Å²) in [5, 5.41) is 10.1. The van der Waals surface area contributed by atoms with Crippen LogP contribution in [0.25, 0.3) is 0 Å². The van der Waals surface area contributed by atoms with Crippen molar-refractivity contribution in [2.45, 2.75) is 124 Å². The Labute approximate surface area is 309 Å². The van der Waals surface area contributed by atoms with Gasteiger partial charge in [0.2, 0.25) is 6.29 Å². The van der Waals surface area contributed by atoms with Crippen molar-refractivity contribution in [1.82, 2.24) is 0 Å². The first-order chi connectivity index (χ1) is 24.9. The van der Waals surface area contributed by atoms with E-state index in [1.165, 1.54) is 6.92 Å². The predicted octanol–water partition coefficient (Wildman–Crippen LogP) is 6.39. The number of aliphatic hydroxyl groups excluding tert-OH is 1. The summed E-state index contributed by atoms with van der Waals surface area (Å²) in [6.45, 7) is 16.8. The lowest BCUT2D eigenvalue weighted by molar-refractivity contribution is -0.355. The van der Waals surface area contributed by atoms with Crippen molar-refractivity contribution in [1.29, 1.82) is 0 Å². The molecule has 3 aliphatic heterocycles. The Kier molecular flexibility index (Phi) is 14.4. The van der Waals surface area contributed by atoms with Crippen LogP contribution in [0.3, 0.4) is 0 Å². The van der Waals surface area contributed by atoms with Crippen molar-refractivity contribution in [3.8, 4) is 11.5 Å². The molecule has 3 fully saturated rings. The molecule has 0 radical (unpaired) electrons. The summed E-state index contributed by atoms with van der Waals surface area (Å²) in [6.07, 6.45) is -3.93. The van der Waals surface area contributed by atoms with Crippen LogP contribution in [0.4, 0.5) is 0 Å². The highest BCUT2D eigenvalue weighted by molar-refractivity contribution is 5.66. The van der Waals surface area contributed by atoms with Gasteiger partial charge in [-0.05, 0) is 59.9 Å². The first-order valence-electron chi connectivity index (χ1n) is 18.9. The minimum absolute atomic E-state index is 0.00995. The van der Waals surface area contributed by atoms with Gasteiger partial charge in [0.25, 0.3) is 0 Å². The van der Waals surface area contributed by atoms with E-state index in [-0.39, 0.29) is 66.4 Å². The van der Waals surface area contributed by atoms with E-state index in [1.807, 2.05) is 54.6 Å². The lowest BCUT2D eigenvalue weighted by atomic mass is 9.81. The third-order valence-electron chi connectivity index (χ3n) is 11.6. The SMILES string of the molecule is CCC1O[C@@H](OC2[C@@H](Oc3ccc(OC)cc3)OC(CO)[C@@H](C)[C@@H]2C)C(C)[C@@H](C)[C@@H]1O[C@@H]1OC(COCc2ccccc2)[C@H](C)[C@H](C)C1OC(C)=O. The van der Waals surface area contributed by atoms with Crippen LogP contribution >= 0.6 is 0 Å². The number of aliphatic hydroxyl groups is 1. The molecule has 52 heavy (non-hydrogen) atoms. The van der Waals surface area contributed by atoms with Gasteiger partial charge in [0.05, 0.1) is 51.3 Å². The van der Waals surface area contributed by atoms with E-state index in [0.29, 0.717) is 25.4 Å². The molecule has 6 unspecified atom stereocenters. The maximum Gasteiger partial charge on any atom is 0.303 e. The summed E-state index contributed by atoms with van der Waals surface area (Å²) >= 11 is 0. The van der Waals surface area contributed by atoms with Crippen molar-refractivity contribution in [3.05, 3.63) is 60.2 Å². The molecule has 0 bridgehead atoms. The summed E-state index contributed by atoms with van der Waals surface area (Å²) in [6, 6.07) is 17.3. The molecule has 15 atom stereocenters. The third kappa shape index (κ3) is 9.47. The molecule has 1 N–H and O–H groups in total. The van der Waals surface area contributed by atoms with E-state index in [2.05, 4.69) is 48.5 Å². The number of carbonyl (C=O) groups is 1. The van der Waals surface area contributed by atoms with Crippen molar-refractivity contribution >= 4 is 5.97 Å². The van der Waals surface area contributed by atoms with Gasteiger partial charge in [0, 0.05) is 18.8 Å². The molecule has 3 aliphatic rings. The van der Waals surface area contributed by atoms with Gasteiger partial charge in [-0.2, -0.15) is 0 Å². The molecule has 11 heteroatoms. The molecule has 290 valence electrons. The minimum Gasteiger partial charge on any atom is -0.497 e. The van der Waals surface area contributed by atoms with Gasteiger partial charge >= 0.3 is 5.97 Å². The van der Waals surface area contributed by atoms with Crippen molar-refractivity contribution in [3.63, 3.8) is 0 Å². The van der Waals surface area contributed by atoms with Gasteiger partial charge in [-0.25, -0.2) is 0 Å². The summed E-state index contributed by atoms with van der Waals surface area (Å²) < 4.78 is 57.0. The molecule has 11 nitrogen and oxygen atoms in total. The van der Waals surface area contributed by atoms with E-state index < -0.39 is 37.2 Å². The van der Waals surface area contributed by atoms with Gasteiger partial charge in [-0.1, -0.05) is 78.8 Å². The van der Waals surface area contributed by atoms with Crippen molar-refractivity contribution in [2.75, 3.05) is 20.3 Å². The molecule has 0 spiro atoms. The van der Waals surface area contributed by atoms with Gasteiger partial charge in [-0.15, -0.1) is 0 Å². The van der Waals surface area contributed by atoms with E-state index in [1.54, 1.807) is 7.11 Å². The number of hydrogen-bond acceptors (Lipinski definition) is 11. The fourth-order valence-electron chi connectivity index (χ4n) is 7.59. The molecule has 0 aromatic heterocycles. The largest absolute Gasteiger partial charge is 0.497 e. The molecule has 2 aromatic carbocycles. The zero-order valence-corrected chi connectivity index (χ0v) is 32.2. The van der Waals surface area contributed by atoms with Crippen molar-refractivity contribution in [2.24, 2.45) is 35.5 Å². The Morgan fingerprint density at radius 3 is 1.88 bits per heavy atom. The van der Waals surface area contributed by atoms with E-state index >= 15 is 0 Å². The zero-order valence-electron chi connectivity index (χ0n) is 32.2. The maximum atomic E-state index is 12.3. The molecule has 0 aliphatic carbocycles. The summed E-state index contributed by atoms with van der Waals surface area (Å²) in [5.41, 5.74) is 1.09. The second-order valence-corrected chi connectivity index (χ2v) is 14.9. The van der Waals surface area contributed by atoms with Crippen LogP contribution in [-0.2, 0) is 44.6 Å². The normalized spacial score (nSPS) is 38.0. The standard InChI is InChI=1S/C41H60O11/c1-10-33-36(51-41-37(46-29(8)43)26(5)24(3)35(50-41)22-45-21-30-14-12-11-13-15-30)27(6)28(7)39(48-33)52-38-25(4)23(2)34(20-42)49-40(38)47-32-18-16-31(44-9)17-19-32/h11-19,23-28,33-42H,10,20-22H2,1-9H3/t23-,24+,25-,26-,27+,28?,33?,34?,35?,36-,37?,38?,39-,40-,41-/m0/s1. The van der Waals surface area contributed by atoms with Gasteiger partial charge < -0.3 is 47.7 Å². The number of esters is 1. The minimum atomic E-state index is -0.805. The molecule has 0 saturated carbocycles. The lowest BCUT2D eigenvalue weighted by Gasteiger charge is -2.50. The molecule has 3 heterocycles. The number of methoxy groups -OCH3 is 1. The van der Waals surface area contributed by atoms with Crippen LogP contribution < -0.4 is 9.47 Å². The molecule has 3 saturated heterocycles. The van der Waals surface area contributed by atoms with Gasteiger partial charge in [0.15, 0.2) is 18.7 Å². The molecular weight excluding hydrogens is 668 g/mol. The third-order valence-corrected chi connectivity index (χ3v) is 11.6. The predicted molar refractivity (Wildman–Crippen MR) is 193 cm³/mol. The van der Waals surface area contributed by atoms with Gasteiger partial charge in [0.1, 0.15) is 17.6 Å². The molecular formula is C41H60O11. The zero-order chi connectivity index (χ0) is 37.5. The monoisotopic (exact) mass is 728 g/mol. The quantitative estimate of drug-likeness (QED) is 0.218. The second kappa shape index (κ2) is 18.5. The van der Waals surface area contributed by atoms with Crippen LogP contribution in [0.15, 0.2) is 54.6 Å².